The Bertz CT molecular complexity index is 755. The third-order valence-corrected chi connectivity index (χ3v) is 3.58. The molecule has 1 N–H and O–H groups in total. The van der Waals surface area contributed by atoms with Crippen molar-refractivity contribution in [3.8, 4) is 5.75 Å². The summed E-state index contributed by atoms with van der Waals surface area (Å²) in [6.45, 7) is 6.19. The monoisotopic (exact) mass is 328 g/mol. The molecule has 1 aromatic heterocycles. The molecule has 24 heavy (non-hydrogen) atoms. The van der Waals surface area contributed by atoms with Gasteiger partial charge in [-0.25, -0.2) is 4.98 Å². The zero-order chi connectivity index (χ0) is 17.7. The molecule has 0 fully saturated rings. The normalized spacial score (nSPS) is 11.0. The van der Waals surface area contributed by atoms with Crippen LogP contribution in [0.15, 0.2) is 35.6 Å². The number of hydrazone groups is 1. The first kappa shape index (κ1) is 17.4. The van der Waals surface area contributed by atoms with Crippen molar-refractivity contribution in [2.75, 3.05) is 12.5 Å². The molecule has 126 valence electrons. The van der Waals surface area contributed by atoms with E-state index in [1.54, 1.807) is 13.3 Å². The van der Waals surface area contributed by atoms with E-state index in [1.165, 1.54) is 18.3 Å². The molecule has 2 aromatic rings. The second-order valence-corrected chi connectivity index (χ2v) is 5.63. The molecule has 0 aliphatic carbocycles. The van der Waals surface area contributed by atoms with Crippen LogP contribution in [0.2, 0.25) is 0 Å². The van der Waals surface area contributed by atoms with E-state index in [2.05, 4.69) is 29.4 Å². The molecule has 7 heteroatoms. The van der Waals surface area contributed by atoms with E-state index < -0.39 is 4.92 Å². The Morgan fingerprint density at radius 1 is 1.38 bits per heavy atom. The van der Waals surface area contributed by atoms with E-state index in [9.17, 15) is 10.1 Å². The summed E-state index contributed by atoms with van der Waals surface area (Å²) in [7, 11) is 1.66. The van der Waals surface area contributed by atoms with Crippen LogP contribution in [0.4, 0.5) is 11.5 Å². The number of nitrogens with zero attached hydrogens (tertiary/aromatic N) is 3. The van der Waals surface area contributed by atoms with Crippen molar-refractivity contribution < 1.29 is 9.66 Å². The molecule has 0 aliphatic rings. The Kier molecular flexibility index (Phi) is 5.47. The van der Waals surface area contributed by atoms with Crippen molar-refractivity contribution in [1.82, 2.24) is 4.98 Å². The quantitative estimate of drug-likeness (QED) is 0.494. The number of rotatable bonds is 6. The number of benzene rings is 1. The maximum absolute atomic E-state index is 10.6. The summed E-state index contributed by atoms with van der Waals surface area (Å²) in [5.41, 5.74) is 5.83. The Morgan fingerprint density at radius 3 is 2.67 bits per heavy atom. The van der Waals surface area contributed by atoms with Crippen molar-refractivity contribution in [2.45, 2.75) is 26.7 Å². The summed E-state index contributed by atoms with van der Waals surface area (Å²) in [4.78, 5) is 14.0. The first-order valence-electron chi connectivity index (χ1n) is 7.50. The lowest BCUT2D eigenvalue weighted by Crippen LogP contribution is -2.00. The van der Waals surface area contributed by atoms with E-state index in [1.807, 2.05) is 19.1 Å². The summed E-state index contributed by atoms with van der Waals surface area (Å²) in [5.74, 6) is 1.63. The standard InChI is InChI=1S/C17H20N4O3/c1-11(2)15-8-13(12(3)7-16(15)24-4)9-19-20-17-6-5-14(10-18-17)21(22)23/h5-11H,1-4H3,(H,18,20)/b19-9-. The number of nitrogens with one attached hydrogen (secondary N) is 1. The topological polar surface area (TPSA) is 89.6 Å². The van der Waals surface area contributed by atoms with Crippen LogP contribution in [0.1, 0.15) is 36.5 Å². The van der Waals surface area contributed by atoms with Crippen LogP contribution in [0.5, 0.6) is 5.75 Å². The maximum atomic E-state index is 10.6. The van der Waals surface area contributed by atoms with Crippen molar-refractivity contribution in [2.24, 2.45) is 5.10 Å². The fraction of sp³-hybridized carbons (Fsp3) is 0.294. The average Bonchev–Trinajstić information content (AvgIpc) is 2.56. The number of nitro groups is 1. The molecular formula is C17H20N4O3. The lowest BCUT2D eigenvalue weighted by atomic mass is 9.97. The van der Waals surface area contributed by atoms with Gasteiger partial charge in [0.25, 0.3) is 5.69 Å². The van der Waals surface area contributed by atoms with Gasteiger partial charge in [-0.1, -0.05) is 13.8 Å². The molecule has 0 spiro atoms. The summed E-state index contributed by atoms with van der Waals surface area (Å²) in [6, 6.07) is 6.92. The van der Waals surface area contributed by atoms with E-state index in [0.717, 1.165) is 22.4 Å². The van der Waals surface area contributed by atoms with E-state index in [0.29, 0.717) is 11.7 Å². The largest absolute Gasteiger partial charge is 0.496 e. The van der Waals surface area contributed by atoms with Gasteiger partial charge in [0, 0.05) is 6.07 Å². The molecule has 0 aliphatic heterocycles. The van der Waals surface area contributed by atoms with Crippen molar-refractivity contribution in [3.63, 3.8) is 0 Å². The van der Waals surface area contributed by atoms with Gasteiger partial charge < -0.3 is 4.74 Å². The molecule has 0 radical (unpaired) electrons. The van der Waals surface area contributed by atoms with Crippen molar-refractivity contribution >= 4 is 17.7 Å². The molecule has 0 amide bonds. The number of aryl methyl sites for hydroxylation is 1. The average molecular weight is 328 g/mol. The second kappa shape index (κ2) is 7.54. The SMILES string of the molecule is COc1cc(C)c(/C=N\Nc2ccc([N+](=O)[O-])cn2)cc1C(C)C. The molecule has 0 saturated heterocycles. The van der Waals surface area contributed by atoms with Crippen LogP contribution >= 0.6 is 0 Å². The Hall–Kier alpha value is -2.96. The van der Waals surface area contributed by atoms with Crippen LogP contribution in [-0.2, 0) is 0 Å². The smallest absolute Gasteiger partial charge is 0.287 e. The van der Waals surface area contributed by atoms with Gasteiger partial charge in [0.15, 0.2) is 0 Å². The van der Waals surface area contributed by atoms with Gasteiger partial charge in [0.05, 0.1) is 18.2 Å². The zero-order valence-corrected chi connectivity index (χ0v) is 14.1. The fourth-order valence-corrected chi connectivity index (χ4v) is 2.21. The van der Waals surface area contributed by atoms with Crippen LogP contribution in [-0.4, -0.2) is 23.2 Å². The Morgan fingerprint density at radius 2 is 2.12 bits per heavy atom. The molecule has 0 unspecified atom stereocenters. The van der Waals surface area contributed by atoms with Crippen LogP contribution in [0.25, 0.3) is 0 Å². The number of methoxy groups -OCH3 is 1. The van der Waals surface area contributed by atoms with Crippen LogP contribution < -0.4 is 10.2 Å². The number of anilines is 1. The molecule has 0 bridgehead atoms. The van der Waals surface area contributed by atoms with E-state index >= 15 is 0 Å². The maximum Gasteiger partial charge on any atom is 0.287 e. The molecule has 0 saturated carbocycles. The zero-order valence-electron chi connectivity index (χ0n) is 14.1. The number of ether oxygens (including phenoxy) is 1. The van der Waals surface area contributed by atoms with Crippen molar-refractivity contribution in [1.29, 1.82) is 0 Å². The lowest BCUT2D eigenvalue weighted by molar-refractivity contribution is -0.385. The summed E-state index contributed by atoms with van der Waals surface area (Å²) >= 11 is 0. The van der Waals surface area contributed by atoms with Gasteiger partial charge in [-0.15, -0.1) is 0 Å². The highest BCUT2D eigenvalue weighted by Crippen LogP contribution is 2.29. The minimum absolute atomic E-state index is 0.0582. The van der Waals surface area contributed by atoms with Gasteiger partial charge >= 0.3 is 0 Å². The number of hydrogen-bond donors (Lipinski definition) is 1. The summed E-state index contributed by atoms with van der Waals surface area (Å²) < 4.78 is 5.42. The summed E-state index contributed by atoms with van der Waals surface area (Å²) in [5, 5.41) is 14.7. The van der Waals surface area contributed by atoms with Gasteiger partial charge in [-0.2, -0.15) is 5.10 Å². The molecule has 1 aromatic carbocycles. The van der Waals surface area contributed by atoms with E-state index in [4.69, 9.17) is 4.74 Å². The van der Waals surface area contributed by atoms with Crippen LogP contribution in [0.3, 0.4) is 0 Å². The van der Waals surface area contributed by atoms with E-state index in [-0.39, 0.29) is 5.69 Å². The number of hydrogen-bond acceptors (Lipinski definition) is 6. The molecule has 0 atom stereocenters. The first-order valence-corrected chi connectivity index (χ1v) is 7.50. The summed E-state index contributed by atoms with van der Waals surface area (Å²) in [6.07, 6.45) is 2.89. The highest BCUT2D eigenvalue weighted by molar-refractivity contribution is 5.83. The molecule has 7 nitrogen and oxygen atoms in total. The number of pyridine rings is 1. The molecule has 1 heterocycles. The highest BCUT2D eigenvalue weighted by atomic mass is 16.6. The van der Waals surface area contributed by atoms with Gasteiger partial charge in [0.1, 0.15) is 17.8 Å². The lowest BCUT2D eigenvalue weighted by Gasteiger charge is -2.14. The second-order valence-electron chi connectivity index (χ2n) is 5.63. The fourth-order valence-electron chi connectivity index (χ4n) is 2.21. The minimum Gasteiger partial charge on any atom is -0.496 e. The van der Waals surface area contributed by atoms with Crippen molar-refractivity contribution in [3.05, 3.63) is 57.3 Å². The third-order valence-electron chi connectivity index (χ3n) is 3.58. The highest BCUT2D eigenvalue weighted by Gasteiger charge is 2.10. The third kappa shape index (κ3) is 4.07. The molecule has 2 rings (SSSR count). The number of aromatic nitrogens is 1. The van der Waals surface area contributed by atoms with Gasteiger partial charge in [-0.3, -0.25) is 15.5 Å². The predicted molar refractivity (Wildman–Crippen MR) is 93.9 cm³/mol. The Balaban J connectivity index is 2.16. The first-order chi connectivity index (χ1) is 11.4. The van der Waals surface area contributed by atoms with Crippen LogP contribution in [0, 0.1) is 17.0 Å². The van der Waals surface area contributed by atoms with Gasteiger partial charge in [-0.05, 0) is 47.7 Å². The Labute approximate surface area is 140 Å². The molecular weight excluding hydrogens is 308 g/mol. The minimum atomic E-state index is -0.492. The predicted octanol–water partition coefficient (Wildman–Crippen LogP) is 3.88. The van der Waals surface area contributed by atoms with Gasteiger partial charge in [0.2, 0.25) is 0 Å².